The number of aromatic carboxylic acids is 1. The third-order valence-corrected chi connectivity index (χ3v) is 4.34. The summed E-state index contributed by atoms with van der Waals surface area (Å²) in [5.74, 6) is -1.98. The molecule has 0 unspecified atom stereocenters. The second-order valence-corrected chi connectivity index (χ2v) is 6.61. The van der Waals surface area contributed by atoms with Crippen molar-refractivity contribution >= 4 is 57.6 Å². The summed E-state index contributed by atoms with van der Waals surface area (Å²) in [5.41, 5.74) is 0.108. The van der Waals surface area contributed by atoms with Crippen LogP contribution in [0.1, 0.15) is 10.5 Å². The highest BCUT2D eigenvalue weighted by Crippen LogP contribution is 2.38. The fraction of sp³-hybridized carbons (Fsp3) is 0.0588. The van der Waals surface area contributed by atoms with Crippen LogP contribution < -0.4 is 4.74 Å². The first-order valence-electron chi connectivity index (χ1n) is 7.17. The molecule has 2 aromatic carbocycles. The zero-order valence-electron chi connectivity index (χ0n) is 12.9. The molecular weight excluding hydrogens is 405 g/mol. The van der Waals surface area contributed by atoms with Gasteiger partial charge in [0.25, 0.3) is 0 Å². The molecular formula is C17H10Cl3NO5. The molecule has 1 heterocycles. The Morgan fingerprint density at radius 2 is 1.65 bits per heavy atom. The Labute approximate surface area is 162 Å². The van der Waals surface area contributed by atoms with E-state index in [2.05, 4.69) is 0 Å². The fourth-order valence-electron chi connectivity index (χ4n) is 2.53. The molecule has 0 amide bonds. The van der Waals surface area contributed by atoms with Crippen LogP contribution >= 0.6 is 34.8 Å². The second kappa shape index (κ2) is 7.07. The van der Waals surface area contributed by atoms with E-state index < -0.39 is 18.5 Å². The Kier molecular flexibility index (Phi) is 5.00. The molecule has 0 aliphatic rings. The van der Waals surface area contributed by atoms with Crippen LogP contribution in [0.4, 0.5) is 0 Å². The Hall–Kier alpha value is -2.41. The van der Waals surface area contributed by atoms with Gasteiger partial charge in [0.1, 0.15) is 23.7 Å². The summed E-state index contributed by atoms with van der Waals surface area (Å²) in [4.78, 5) is 22.6. The Bertz CT molecular complexity index is 1040. The molecule has 0 atom stereocenters. The van der Waals surface area contributed by atoms with Gasteiger partial charge in [-0.2, -0.15) is 0 Å². The molecule has 6 nitrogen and oxygen atoms in total. The number of ether oxygens (including phenoxy) is 1. The summed E-state index contributed by atoms with van der Waals surface area (Å²) in [6.45, 7) is -0.539. The third-order valence-electron chi connectivity index (χ3n) is 3.57. The molecule has 3 aromatic rings. The summed E-state index contributed by atoms with van der Waals surface area (Å²) in [7, 11) is 0. The minimum atomic E-state index is -1.27. The van der Waals surface area contributed by atoms with E-state index in [-0.39, 0.29) is 22.2 Å². The van der Waals surface area contributed by atoms with Crippen LogP contribution in [0.15, 0.2) is 36.4 Å². The van der Waals surface area contributed by atoms with Gasteiger partial charge in [-0.1, -0.05) is 34.8 Å². The number of fused-ring (bicyclic) bond motifs is 1. The highest BCUT2D eigenvalue weighted by Gasteiger charge is 2.20. The average molecular weight is 415 g/mol. The maximum atomic E-state index is 11.5. The summed E-state index contributed by atoms with van der Waals surface area (Å²) in [6, 6.07) is 8.93. The number of benzene rings is 2. The van der Waals surface area contributed by atoms with Gasteiger partial charge in [-0.15, -0.1) is 0 Å². The molecule has 0 radical (unpaired) electrons. The number of carboxylic acids is 2. The Morgan fingerprint density at radius 3 is 2.31 bits per heavy atom. The summed E-state index contributed by atoms with van der Waals surface area (Å²) < 4.78 is 6.92. The third kappa shape index (κ3) is 3.58. The monoisotopic (exact) mass is 413 g/mol. The molecule has 0 bridgehead atoms. The average Bonchev–Trinajstić information content (AvgIpc) is 2.89. The number of halogens is 3. The van der Waals surface area contributed by atoms with Crippen LogP contribution in [0, 0.1) is 0 Å². The van der Waals surface area contributed by atoms with E-state index >= 15 is 0 Å². The van der Waals surface area contributed by atoms with Crippen LogP contribution in [0.25, 0.3) is 10.9 Å². The first-order chi connectivity index (χ1) is 12.3. The number of nitrogens with zero attached hydrogens (tertiary/aromatic N) is 1. The number of hydrogen-bond donors (Lipinski definition) is 2. The van der Waals surface area contributed by atoms with E-state index in [4.69, 9.17) is 44.6 Å². The van der Waals surface area contributed by atoms with Crippen LogP contribution in [-0.4, -0.2) is 26.7 Å². The van der Waals surface area contributed by atoms with Crippen molar-refractivity contribution in [3.63, 3.8) is 0 Å². The molecule has 134 valence electrons. The van der Waals surface area contributed by atoms with E-state index in [0.717, 1.165) is 4.57 Å². The van der Waals surface area contributed by atoms with Crippen LogP contribution in [-0.2, 0) is 11.3 Å². The quantitative estimate of drug-likeness (QED) is 0.601. The smallest absolute Gasteiger partial charge is 0.352 e. The van der Waals surface area contributed by atoms with Gasteiger partial charge in [-0.05, 0) is 24.3 Å². The van der Waals surface area contributed by atoms with Crippen molar-refractivity contribution in [3.05, 3.63) is 57.2 Å². The molecule has 0 aliphatic carbocycles. The highest BCUT2D eigenvalue weighted by molar-refractivity contribution is 6.34. The summed E-state index contributed by atoms with van der Waals surface area (Å²) in [5, 5.41) is 19.8. The topological polar surface area (TPSA) is 88.8 Å². The van der Waals surface area contributed by atoms with Crippen LogP contribution in [0.2, 0.25) is 15.1 Å². The van der Waals surface area contributed by atoms with Gasteiger partial charge in [0, 0.05) is 27.6 Å². The molecule has 9 heteroatoms. The minimum absolute atomic E-state index is 0.202. The lowest BCUT2D eigenvalue weighted by atomic mass is 10.2. The molecule has 0 fully saturated rings. The zero-order chi connectivity index (χ0) is 19.0. The van der Waals surface area contributed by atoms with Gasteiger partial charge >= 0.3 is 11.9 Å². The Morgan fingerprint density at radius 1 is 0.962 bits per heavy atom. The summed E-state index contributed by atoms with van der Waals surface area (Å²) in [6.07, 6.45) is 0. The molecule has 0 aliphatic heterocycles. The van der Waals surface area contributed by atoms with Crippen molar-refractivity contribution in [3.8, 4) is 11.5 Å². The number of hydrogen-bond acceptors (Lipinski definition) is 3. The van der Waals surface area contributed by atoms with E-state index in [0.29, 0.717) is 20.9 Å². The van der Waals surface area contributed by atoms with Crippen LogP contribution in [0.3, 0.4) is 0 Å². The van der Waals surface area contributed by atoms with E-state index in [1.54, 1.807) is 12.1 Å². The highest BCUT2D eigenvalue weighted by atomic mass is 35.5. The van der Waals surface area contributed by atoms with Crippen LogP contribution in [0.5, 0.6) is 11.5 Å². The van der Waals surface area contributed by atoms with E-state index in [1.165, 1.54) is 24.3 Å². The van der Waals surface area contributed by atoms with E-state index in [9.17, 15) is 14.7 Å². The number of aromatic nitrogens is 1. The SMILES string of the molecule is O=C(O)Cn1c(C(=O)O)cc2c(Oc3cc(Cl)ccc3Cl)cc(Cl)cc21. The standard InChI is InChI=1S/C17H10Cl3NO5/c18-8-1-2-11(20)15(4-8)26-14-5-9(19)3-12-10(14)6-13(17(24)25)21(12)7-16(22)23/h1-6H,7H2,(H,22,23)(H,24,25). The predicted molar refractivity (Wildman–Crippen MR) is 98.1 cm³/mol. The van der Waals surface area contributed by atoms with Crippen molar-refractivity contribution in [1.29, 1.82) is 0 Å². The number of aliphatic carboxylic acids is 1. The predicted octanol–water partition coefficient (Wildman–Crippen LogP) is 5.18. The molecule has 0 spiro atoms. The normalized spacial score (nSPS) is 10.9. The minimum Gasteiger partial charge on any atom is -0.480 e. The molecule has 2 N–H and O–H groups in total. The second-order valence-electron chi connectivity index (χ2n) is 5.33. The van der Waals surface area contributed by atoms with Crippen molar-refractivity contribution in [2.45, 2.75) is 6.54 Å². The van der Waals surface area contributed by atoms with Crippen molar-refractivity contribution in [1.82, 2.24) is 4.57 Å². The van der Waals surface area contributed by atoms with Gasteiger partial charge in [-0.3, -0.25) is 4.79 Å². The lowest BCUT2D eigenvalue weighted by molar-refractivity contribution is -0.137. The van der Waals surface area contributed by atoms with Crippen molar-refractivity contribution in [2.75, 3.05) is 0 Å². The van der Waals surface area contributed by atoms with Gasteiger partial charge in [0.2, 0.25) is 0 Å². The Balaban J connectivity index is 2.21. The van der Waals surface area contributed by atoms with Crippen molar-refractivity contribution in [2.24, 2.45) is 0 Å². The van der Waals surface area contributed by atoms with Crippen molar-refractivity contribution < 1.29 is 24.5 Å². The largest absolute Gasteiger partial charge is 0.480 e. The number of rotatable bonds is 5. The van der Waals surface area contributed by atoms with Gasteiger partial charge in [0.15, 0.2) is 0 Å². The first kappa shape index (κ1) is 18.4. The molecule has 1 aromatic heterocycles. The number of carbonyl (C=O) groups is 2. The zero-order valence-corrected chi connectivity index (χ0v) is 15.1. The maximum Gasteiger partial charge on any atom is 0.352 e. The molecule has 0 saturated heterocycles. The molecule has 26 heavy (non-hydrogen) atoms. The lowest BCUT2D eigenvalue weighted by Gasteiger charge is -2.11. The maximum absolute atomic E-state index is 11.5. The van der Waals surface area contributed by atoms with Gasteiger partial charge in [0.05, 0.1) is 10.5 Å². The summed E-state index contributed by atoms with van der Waals surface area (Å²) >= 11 is 18.2. The van der Waals surface area contributed by atoms with E-state index in [1.807, 2.05) is 0 Å². The molecule has 0 saturated carbocycles. The molecule has 3 rings (SSSR count). The number of carboxylic acid groups (broad SMARTS) is 2. The lowest BCUT2D eigenvalue weighted by Crippen LogP contribution is -2.14. The van der Waals surface area contributed by atoms with Gasteiger partial charge in [-0.25, -0.2) is 4.79 Å². The van der Waals surface area contributed by atoms with Gasteiger partial charge < -0.3 is 19.5 Å². The fourth-order valence-corrected chi connectivity index (χ4v) is 3.05. The first-order valence-corrected chi connectivity index (χ1v) is 8.30.